The van der Waals surface area contributed by atoms with E-state index in [1.807, 2.05) is 24.8 Å². The Balaban J connectivity index is 0.000000403. The van der Waals surface area contributed by atoms with Gasteiger partial charge in [0.25, 0.3) is 0 Å². The van der Waals surface area contributed by atoms with E-state index in [2.05, 4.69) is 60.6 Å². The molecule has 0 unspecified atom stereocenters. The van der Waals surface area contributed by atoms with Crippen LogP contribution in [0.15, 0.2) is 49.6 Å². The fraction of sp³-hybridized carbons (Fsp3) is 0.444. The summed E-state index contributed by atoms with van der Waals surface area (Å²) in [6, 6.07) is 0. The summed E-state index contributed by atoms with van der Waals surface area (Å²) in [6.45, 7) is 18.3. The average Bonchev–Trinajstić information content (AvgIpc) is 2.38. The molecule has 1 radical (unpaired) electrons. The van der Waals surface area contributed by atoms with Gasteiger partial charge in [-0.1, -0.05) is 27.7 Å². The van der Waals surface area contributed by atoms with Gasteiger partial charge in [-0.3, -0.25) is 9.97 Å². The molecule has 0 aliphatic rings. The van der Waals surface area contributed by atoms with E-state index in [0.29, 0.717) is 0 Å². The maximum Gasteiger partial charge on any atom is 0.187 e. The third kappa shape index (κ3) is 12.4. The van der Waals surface area contributed by atoms with Crippen LogP contribution in [0.1, 0.15) is 27.7 Å². The van der Waals surface area contributed by atoms with Gasteiger partial charge in [-0.15, -0.1) is 10.8 Å². The van der Waals surface area contributed by atoms with Crippen molar-refractivity contribution in [3.05, 3.63) is 63.4 Å². The van der Waals surface area contributed by atoms with E-state index < -0.39 is 0 Å². The summed E-state index contributed by atoms with van der Waals surface area (Å²) in [5.74, 6) is 0. The Morgan fingerprint density at radius 2 is 0.957 bits per heavy atom. The molecule has 2 heterocycles. The Morgan fingerprint density at radius 3 is 1.17 bits per heavy atom. The first-order chi connectivity index (χ1) is 10.2. The van der Waals surface area contributed by atoms with Gasteiger partial charge in [0.05, 0.1) is 24.8 Å². The maximum atomic E-state index is 4.02. The van der Waals surface area contributed by atoms with Crippen molar-refractivity contribution < 1.29 is 41.8 Å². The minimum absolute atomic E-state index is 0. The first-order valence-corrected chi connectivity index (χ1v) is 7.45. The van der Waals surface area contributed by atoms with E-state index >= 15 is 0 Å². The van der Waals surface area contributed by atoms with Gasteiger partial charge in [0.15, 0.2) is 24.8 Å². The van der Waals surface area contributed by atoms with Crippen molar-refractivity contribution in [2.75, 3.05) is 0 Å². The number of hydrogen-bond acceptors (Lipinski definition) is 2. The van der Waals surface area contributed by atoms with Crippen molar-refractivity contribution in [2.45, 2.75) is 40.8 Å². The van der Waals surface area contributed by atoms with Crippen LogP contribution in [0.5, 0.6) is 0 Å². The predicted octanol–water partition coefficient (Wildman–Crippen LogP) is 2.46. The van der Waals surface area contributed by atoms with Crippen molar-refractivity contribution in [3.8, 4) is 0 Å². The molecule has 0 fully saturated rings. The SMILES string of the molecule is [CH2-]C(C)(C)C[n+]1ccncc1.[CH2-]C(C)(C)C[n+]1ccncc1.[Y]. The average molecular weight is 389 g/mol. The molecule has 0 atom stereocenters. The first-order valence-electron chi connectivity index (χ1n) is 7.45. The Labute approximate surface area is 166 Å². The number of nitrogens with zero attached hydrogens (tertiary/aromatic N) is 4. The van der Waals surface area contributed by atoms with E-state index in [4.69, 9.17) is 0 Å². The van der Waals surface area contributed by atoms with E-state index in [1.54, 1.807) is 24.8 Å². The second-order valence-electron chi connectivity index (χ2n) is 7.16. The number of aromatic nitrogens is 4. The molecule has 0 bridgehead atoms. The molecule has 0 aliphatic carbocycles. The summed E-state index contributed by atoms with van der Waals surface area (Å²) in [5.41, 5.74) is 0.179. The van der Waals surface area contributed by atoms with Crippen molar-refractivity contribution in [2.24, 2.45) is 10.8 Å². The van der Waals surface area contributed by atoms with Crippen molar-refractivity contribution in [3.63, 3.8) is 0 Å². The number of hydrogen-bond donors (Lipinski definition) is 0. The fourth-order valence-corrected chi connectivity index (χ4v) is 1.89. The number of rotatable bonds is 4. The van der Waals surface area contributed by atoms with Crippen molar-refractivity contribution in [1.29, 1.82) is 0 Å². The standard InChI is InChI=1S/2C9H14N2.Y/c2*1-9(2,3)8-11-6-4-10-5-7-11;/h2*4-7H,1,8H2,2-3H3;. The van der Waals surface area contributed by atoms with E-state index in [-0.39, 0.29) is 43.5 Å². The molecule has 0 N–H and O–H groups in total. The van der Waals surface area contributed by atoms with Gasteiger partial charge < -0.3 is 13.8 Å². The molecule has 123 valence electrons. The third-order valence-corrected chi connectivity index (χ3v) is 2.60. The van der Waals surface area contributed by atoms with Crippen molar-refractivity contribution in [1.82, 2.24) is 9.97 Å². The second-order valence-corrected chi connectivity index (χ2v) is 7.16. The Morgan fingerprint density at radius 1 is 0.696 bits per heavy atom. The van der Waals surface area contributed by atoms with Crippen LogP contribution in [0.2, 0.25) is 0 Å². The van der Waals surface area contributed by atoms with E-state index in [9.17, 15) is 0 Å². The van der Waals surface area contributed by atoms with E-state index in [0.717, 1.165) is 13.1 Å². The fourth-order valence-electron chi connectivity index (χ4n) is 1.89. The van der Waals surface area contributed by atoms with Crippen LogP contribution in [0, 0.1) is 24.7 Å². The molecule has 5 heteroatoms. The summed E-state index contributed by atoms with van der Waals surface area (Å²) < 4.78 is 4.17. The molecular formula is C18H28N4Y. The normalized spacial score (nSPS) is 11.0. The molecule has 2 aromatic rings. The quantitative estimate of drug-likeness (QED) is 0.595. The van der Waals surface area contributed by atoms with Crippen LogP contribution < -0.4 is 9.13 Å². The molecule has 0 spiro atoms. The van der Waals surface area contributed by atoms with Crippen molar-refractivity contribution >= 4 is 0 Å². The predicted molar refractivity (Wildman–Crippen MR) is 87.1 cm³/mol. The summed E-state index contributed by atoms with van der Waals surface area (Å²) in [7, 11) is 0. The minimum atomic E-state index is 0. The van der Waals surface area contributed by atoms with Crippen LogP contribution in [-0.4, -0.2) is 9.97 Å². The molecule has 2 aromatic heterocycles. The Bertz CT molecular complexity index is 479. The van der Waals surface area contributed by atoms with Crippen LogP contribution >= 0.6 is 0 Å². The Kier molecular flexibility index (Phi) is 9.87. The summed E-state index contributed by atoms with van der Waals surface area (Å²) in [5, 5.41) is 0. The molecule has 0 aliphatic heterocycles. The molecule has 0 saturated carbocycles. The van der Waals surface area contributed by atoms with E-state index in [1.165, 1.54) is 0 Å². The zero-order chi connectivity index (χ0) is 16.6. The van der Waals surface area contributed by atoms with Gasteiger partial charge in [-0.2, -0.15) is 0 Å². The monoisotopic (exact) mass is 389 g/mol. The first kappa shape index (κ1) is 22.3. The Hall–Kier alpha value is -0.736. The molecule has 4 nitrogen and oxygen atoms in total. The smallest absolute Gasteiger partial charge is 0.187 e. The molecule has 23 heavy (non-hydrogen) atoms. The minimum Gasteiger partial charge on any atom is -0.332 e. The third-order valence-electron chi connectivity index (χ3n) is 2.60. The molecular weight excluding hydrogens is 361 g/mol. The summed E-state index contributed by atoms with van der Waals surface area (Å²) in [6.07, 6.45) is 14.9. The van der Waals surface area contributed by atoms with Gasteiger partial charge >= 0.3 is 0 Å². The molecule has 2 rings (SSSR count). The molecule has 0 aromatic carbocycles. The topological polar surface area (TPSA) is 33.5 Å². The van der Waals surface area contributed by atoms with Gasteiger partial charge in [0.1, 0.15) is 13.1 Å². The molecule has 0 saturated heterocycles. The summed E-state index contributed by atoms with van der Waals surface area (Å²) in [4.78, 5) is 7.87. The van der Waals surface area contributed by atoms with Gasteiger partial charge in [-0.25, -0.2) is 9.13 Å². The van der Waals surface area contributed by atoms with Gasteiger partial charge in [-0.05, 0) is 0 Å². The summed E-state index contributed by atoms with van der Waals surface area (Å²) >= 11 is 0. The molecule has 0 amide bonds. The van der Waals surface area contributed by atoms with Crippen LogP contribution in [-0.2, 0) is 45.8 Å². The van der Waals surface area contributed by atoms with Gasteiger partial charge in [0.2, 0.25) is 0 Å². The van der Waals surface area contributed by atoms with Gasteiger partial charge in [0, 0.05) is 32.7 Å². The zero-order valence-corrected chi connectivity index (χ0v) is 17.7. The van der Waals surface area contributed by atoms with Crippen LogP contribution in [0.4, 0.5) is 0 Å². The maximum absolute atomic E-state index is 4.02. The largest absolute Gasteiger partial charge is 0.332 e. The van der Waals surface area contributed by atoms with Crippen LogP contribution in [0.3, 0.4) is 0 Å². The van der Waals surface area contributed by atoms with Crippen LogP contribution in [0.25, 0.3) is 0 Å². The zero-order valence-electron chi connectivity index (χ0n) is 14.8. The second kappa shape index (κ2) is 10.2.